The zero-order valence-corrected chi connectivity index (χ0v) is 11.7. The van der Waals surface area contributed by atoms with Crippen LogP contribution in [0.1, 0.15) is 18.9 Å². The number of benzene rings is 2. The number of ether oxygens (including phenoxy) is 1. The fourth-order valence-corrected chi connectivity index (χ4v) is 1.87. The van der Waals surface area contributed by atoms with E-state index in [1.165, 1.54) is 0 Å². The summed E-state index contributed by atoms with van der Waals surface area (Å²) in [6, 6.07) is 9.56. The van der Waals surface area contributed by atoms with E-state index in [4.69, 9.17) is 9.84 Å². The second-order valence-corrected chi connectivity index (χ2v) is 4.61. The van der Waals surface area contributed by atoms with Crippen molar-refractivity contribution in [3.63, 3.8) is 0 Å². The normalized spacial score (nSPS) is 10.4. The third kappa shape index (κ3) is 3.84. The summed E-state index contributed by atoms with van der Waals surface area (Å²) in [7, 11) is 0. The Bertz CT molecular complexity index is 594. The molecule has 112 valence electrons. The predicted octanol–water partition coefficient (Wildman–Crippen LogP) is 4.07. The average molecular weight is 293 g/mol. The number of nitrogens with one attached hydrogen (secondary N) is 1. The quantitative estimate of drug-likeness (QED) is 0.843. The minimum Gasteiger partial charge on any atom is -0.503 e. The van der Waals surface area contributed by atoms with Crippen molar-refractivity contribution in [1.29, 1.82) is 0 Å². The van der Waals surface area contributed by atoms with E-state index in [1.807, 2.05) is 31.2 Å². The van der Waals surface area contributed by atoms with Gasteiger partial charge in [0.15, 0.2) is 17.4 Å². The summed E-state index contributed by atoms with van der Waals surface area (Å²) >= 11 is 0. The van der Waals surface area contributed by atoms with Crippen LogP contribution in [0.25, 0.3) is 0 Å². The smallest absolute Gasteiger partial charge is 0.187 e. The molecular formula is C16H17F2NO2. The van der Waals surface area contributed by atoms with Gasteiger partial charge in [-0.15, -0.1) is 0 Å². The Kier molecular flexibility index (Phi) is 4.98. The number of phenols is 1. The Morgan fingerprint density at radius 3 is 2.48 bits per heavy atom. The molecule has 0 saturated carbocycles. The number of anilines is 1. The lowest BCUT2D eigenvalue weighted by atomic mass is 10.2. The van der Waals surface area contributed by atoms with Gasteiger partial charge < -0.3 is 15.2 Å². The first-order chi connectivity index (χ1) is 10.1. The zero-order valence-electron chi connectivity index (χ0n) is 11.7. The van der Waals surface area contributed by atoms with Crippen molar-refractivity contribution in [2.24, 2.45) is 0 Å². The molecule has 2 rings (SSSR count). The van der Waals surface area contributed by atoms with E-state index >= 15 is 0 Å². The molecule has 5 heteroatoms. The molecule has 2 aromatic carbocycles. The molecule has 0 bridgehead atoms. The van der Waals surface area contributed by atoms with Crippen LogP contribution in [-0.2, 0) is 6.54 Å². The Morgan fingerprint density at radius 1 is 1.14 bits per heavy atom. The lowest BCUT2D eigenvalue weighted by molar-refractivity contribution is 0.319. The largest absolute Gasteiger partial charge is 0.503 e. The summed E-state index contributed by atoms with van der Waals surface area (Å²) in [5.74, 6) is -2.20. The number of phenolic OH excluding ortho intramolecular Hbond substituents is 1. The number of aromatic hydroxyl groups is 1. The van der Waals surface area contributed by atoms with Crippen molar-refractivity contribution in [3.05, 3.63) is 53.6 Å². The van der Waals surface area contributed by atoms with Crippen LogP contribution in [0, 0.1) is 11.6 Å². The Labute approximate surface area is 122 Å². The molecule has 0 aliphatic rings. The highest BCUT2D eigenvalue weighted by Crippen LogP contribution is 2.26. The maximum absolute atomic E-state index is 13.3. The van der Waals surface area contributed by atoms with Gasteiger partial charge in [-0.1, -0.05) is 19.1 Å². The lowest BCUT2D eigenvalue weighted by Gasteiger charge is -2.13. The molecule has 2 aromatic rings. The van der Waals surface area contributed by atoms with Gasteiger partial charge in [-0.3, -0.25) is 0 Å². The van der Waals surface area contributed by atoms with Crippen LogP contribution >= 0.6 is 0 Å². The Hall–Kier alpha value is -2.30. The second-order valence-electron chi connectivity index (χ2n) is 4.61. The fraction of sp³-hybridized carbons (Fsp3) is 0.250. The standard InChI is InChI=1S/C16H17F2NO2/c1-2-7-21-15-6-4-3-5-14(15)19-10-11-8-12(17)16(20)13(18)9-11/h3-6,8-9,19-20H,2,7,10H2,1H3. The fourth-order valence-electron chi connectivity index (χ4n) is 1.87. The van der Waals surface area contributed by atoms with Crippen molar-refractivity contribution < 1.29 is 18.6 Å². The Morgan fingerprint density at radius 2 is 1.81 bits per heavy atom. The zero-order chi connectivity index (χ0) is 15.2. The molecule has 0 heterocycles. The van der Waals surface area contributed by atoms with Crippen molar-refractivity contribution >= 4 is 5.69 Å². The summed E-state index contributed by atoms with van der Waals surface area (Å²) in [4.78, 5) is 0. The monoisotopic (exact) mass is 293 g/mol. The van der Waals surface area contributed by atoms with Gasteiger partial charge in [0.2, 0.25) is 0 Å². The van der Waals surface area contributed by atoms with E-state index in [9.17, 15) is 8.78 Å². The minimum absolute atomic E-state index is 0.223. The maximum atomic E-state index is 13.3. The minimum atomic E-state index is -0.970. The summed E-state index contributed by atoms with van der Waals surface area (Å²) in [6.07, 6.45) is 0.892. The van der Waals surface area contributed by atoms with Crippen LogP contribution in [0.2, 0.25) is 0 Å². The molecule has 0 aliphatic carbocycles. The van der Waals surface area contributed by atoms with Crippen LogP contribution in [0.5, 0.6) is 11.5 Å². The first kappa shape index (κ1) is 15.1. The Balaban J connectivity index is 2.09. The third-order valence-electron chi connectivity index (χ3n) is 2.91. The predicted molar refractivity (Wildman–Crippen MR) is 77.6 cm³/mol. The van der Waals surface area contributed by atoms with Crippen molar-refractivity contribution in [1.82, 2.24) is 0 Å². The van der Waals surface area contributed by atoms with E-state index in [1.54, 1.807) is 0 Å². The number of rotatable bonds is 6. The summed E-state index contributed by atoms with van der Waals surface area (Å²) in [6.45, 7) is 2.83. The van der Waals surface area contributed by atoms with Gasteiger partial charge >= 0.3 is 0 Å². The SMILES string of the molecule is CCCOc1ccccc1NCc1cc(F)c(O)c(F)c1. The molecule has 2 N–H and O–H groups in total. The molecule has 0 aromatic heterocycles. The van der Waals surface area contributed by atoms with Crippen molar-refractivity contribution in [3.8, 4) is 11.5 Å². The molecule has 0 radical (unpaired) electrons. The number of halogens is 2. The lowest BCUT2D eigenvalue weighted by Crippen LogP contribution is -2.04. The summed E-state index contributed by atoms with van der Waals surface area (Å²) in [5.41, 5.74) is 1.15. The molecule has 0 saturated heterocycles. The molecule has 0 atom stereocenters. The first-order valence-corrected chi connectivity index (χ1v) is 6.74. The first-order valence-electron chi connectivity index (χ1n) is 6.74. The second kappa shape index (κ2) is 6.92. The highest BCUT2D eigenvalue weighted by atomic mass is 19.1. The summed E-state index contributed by atoms with van der Waals surface area (Å²) < 4.78 is 32.1. The van der Waals surface area contributed by atoms with E-state index in [0.29, 0.717) is 17.9 Å². The molecule has 21 heavy (non-hydrogen) atoms. The van der Waals surface area contributed by atoms with Crippen LogP contribution in [0.3, 0.4) is 0 Å². The van der Waals surface area contributed by atoms with Gasteiger partial charge in [-0.05, 0) is 36.2 Å². The van der Waals surface area contributed by atoms with E-state index in [-0.39, 0.29) is 6.54 Å². The topological polar surface area (TPSA) is 41.5 Å². The van der Waals surface area contributed by atoms with E-state index in [2.05, 4.69) is 5.32 Å². The van der Waals surface area contributed by atoms with Crippen LogP contribution in [-0.4, -0.2) is 11.7 Å². The van der Waals surface area contributed by atoms with E-state index < -0.39 is 17.4 Å². The maximum Gasteiger partial charge on any atom is 0.187 e. The number of hydrogen-bond donors (Lipinski definition) is 2. The van der Waals surface area contributed by atoms with Gasteiger partial charge in [0, 0.05) is 6.54 Å². The number of hydrogen-bond acceptors (Lipinski definition) is 3. The van der Waals surface area contributed by atoms with Crippen LogP contribution in [0.15, 0.2) is 36.4 Å². The molecule has 0 fully saturated rings. The third-order valence-corrected chi connectivity index (χ3v) is 2.91. The summed E-state index contributed by atoms with van der Waals surface area (Å²) in [5, 5.41) is 12.1. The van der Waals surface area contributed by atoms with Gasteiger partial charge in [-0.2, -0.15) is 0 Å². The van der Waals surface area contributed by atoms with Crippen LogP contribution in [0.4, 0.5) is 14.5 Å². The van der Waals surface area contributed by atoms with Gasteiger partial charge in [0.25, 0.3) is 0 Å². The van der Waals surface area contributed by atoms with Gasteiger partial charge in [0.05, 0.1) is 12.3 Å². The molecule has 0 aliphatic heterocycles. The number of para-hydroxylation sites is 2. The molecular weight excluding hydrogens is 276 g/mol. The molecule has 0 amide bonds. The van der Waals surface area contributed by atoms with Crippen molar-refractivity contribution in [2.75, 3.05) is 11.9 Å². The molecule has 0 unspecified atom stereocenters. The van der Waals surface area contributed by atoms with Gasteiger partial charge in [-0.25, -0.2) is 8.78 Å². The highest BCUT2D eigenvalue weighted by molar-refractivity contribution is 5.56. The van der Waals surface area contributed by atoms with Gasteiger partial charge in [0.1, 0.15) is 5.75 Å². The average Bonchev–Trinajstić information content (AvgIpc) is 2.49. The molecule has 0 spiro atoms. The highest BCUT2D eigenvalue weighted by Gasteiger charge is 2.10. The van der Waals surface area contributed by atoms with Crippen LogP contribution < -0.4 is 10.1 Å². The molecule has 3 nitrogen and oxygen atoms in total. The van der Waals surface area contributed by atoms with E-state index in [0.717, 1.165) is 24.2 Å². The van der Waals surface area contributed by atoms with Crippen molar-refractivity contribution in [2.45, 2.75) is 19.9 Å².